The van der Waals surface area contributed by atoms with Crippen LogP contribution in [-0.2, 0) is 23.0 Å². The molecule has 1 atom stereocenters. The Morgan fingerprint density at radius 3 is 3.05 bits per heavy atom. The lowest BCUT2D eigenvalue weighted by Gasteiger charge is -2.07. The summed E-state index contributed by atoms with van der Waals surface area (Å²) in [5.74, 6) is 0.918. The quantitative estimate of drug-likeness (QED) is 0.904. The first-order valence-corrected chi connectivity index (χ1v) is 7.08. The van der Waals surface area contributed by atoms with Crippen molar-refractivity contribution in [3.63, 3.8) is 0 Å². The number of nitrogens with zero attached hydrogens (tertiary/aromatic N) is 2. The molecule has 1 aromatic heterocycles. The summed E-state index contributed by atoms with van der Waals surface area (Å²) < 4.78 is 7.12. The van der Waals surface area contributed by atoms with Crippen molar-refractivity contribution < 1.29 is 9.53 Å². The molecule has 19 heavy (non-hydrogen) atoms. The van der Waals surface area contributed by atoms with Crippen molar-refractivity contribution in [1.82, 2.24) is 9.78 Å². The van der Waals surface area contributed by atoms with E-state index < -0.39 is 0 Å². The molecule has 0 saturated carbocycles. The van der Waals surface area contributed by atoms with Gasteiger partial charge < -0.3 is 10.1 Å². The van der Waals surface area contributed by atoms with Gasteiger partial charge in [0.15, 0.2) is 5.82 Å². The molecule has 1 N–H and O–H groups in total. The van der Waals surface area contributed by atoms with Crippen LogP contribution in [0.25, 0.3) is 0 Å². The SMILES string of the molecule is CCCC(=O)Nc1nn(C)c(CC2CCOC2)c1Cl. The van der Waals surface area contributed by atoms with Gasteiger partial charge in [0.05, 0.1) is 5.69 Å². The van der Waals surface area contributed by atoms with E-state index in [1.54, 1.807) is 4.68 Å². The summed E-state index contributed by atoms with van der Waals surface area (Å²) in [4.78, 5) is 11.6. The van der Waals surface area contributed by atoms with Gasteiger partial charge >= 0.3 is 0 Å². The summed E-state index contributed by atoms with van der Waals surface area (Å²) in [7, 11) is 1.85. The minimum absolute atomic E-state index is 0.0433. The van der Waals surface area contributed by atoms with Crippen molar-refractivity contribution in [2.24, 2.45) is 13.0 Å². The standard InChI is InChI=1S/C13H20ClN3O2/c1-3-4-11(18)15-13-12(14)10(17(2)16-13)7-9-5-6-19-8-9/h9H,3-8H2,1-2H3,(H,15,16,18). The Bertz CT molecular complexity index is 453. The normalized spacial score (nSPS) is 18.8. The van der Waals surface area contributed by atoms with Crippen molar-refractivity contribution in [2.45, 2.75) is 32.6 Å². The summed E-state index contributed by atoms with van der Waals surface area (Å²) >= 11 is 6.31. The third-order valence-corrected chi connectivity index (χ3v) is 3.74. The summed E-state index contributed by atoms with van der Waals surface area (Å²) in [6.07, 6.45) is 3.19. The topological polar surface area (TPSA) is 56.2 Å². The Hall–Kier alpha value is -1.07. The molecule has 1 amide bonds. The van der Waals surface area contributed by atoms with Gasteiger partial charge in [-0.25, -0.2) is 0 Å². The molecule has 1 saturated heterocycles. The monoisotopic (exact) mass is 285 g/mol. The molecule has 5 nitrogen and oxygen atoms in total. The maximum Gasteiger partial charge on any atom is 0.225 e. The molecule has 0 aromatic carbocycles. The van der Waals surface area contributed by atoms with Gasteiger partial charge in [0, 0.05) is 26.7 Å². The van der Waals surface area contributed by atoms with Gasteiger partial charge in [0.25, 0.3) is 0 Å². The second kappa shape index (κ2) is 6.39. The Kier molecular flexibility index (Phi) is 4.82. The summed E-state index contributed by atoms with van der Waals surface area (Å²) in [5.41, 5.74) is 0.962. The van der Waals surface area contributed by atoms with E-state index in [0.29, 0.717) is 23.2 Å². The van der Waals surface area contributed by atoms with Crippen LogP contribution in [0.5, 0.6) is 0 Å². The lowest BCUT2D eigenvalue weighted by molar-refractivity contribution is -0.116. The van der Waals surface area contributed by atoms with E-state index in [2.05, 4.69) is 10.4 Å². The second-order valence-corrected chi connectivity index (χ2v) is 5.34. The van der Waals surface area contributed by atoms with Crippen LogP contribution in [0.1, 0.15) is 31.9 Å². The van der Waals surface area contributed by atoms with E-state index in [1.807, 2.05) is 14.0 Å². The van der Waals surface area contributed by atoms with Crippen LogP contribution < -0.4 is 5.32 Å². The molecule has 1 aliphatic rings. The lowest BCUT2D eigenvalue weighted by Crippen LogP contribution is -2.11. The molecule has 1 aliphatic heterocycles. The third-order valence-electron chi connectivity index (χ3n) is 3.34. The van der Waals surface area contributed by atoms with Crippen molar-refractivity contribution >= 4 is 23.3 Å². The van der Waals surface area contributed by atoms with Gasteiger partial charge in [0.2, 0.25) is 5.91 Å². The van der Waals surface area contributed by atoms with E-state index in [1.165, 1.54) is 0 Å². The van der Waals surface area contributed by atoms with Gasteiger partial charge in [-0.2, -0.15) is 5.10 Å². The summed E-state index contributed by atoms with van der Waals surface area (Å²) in [6, 6.07) is 0. The smallest absolute Gasteiger partial charge is 0.225 e. The van der Waals surface area contributed by atoms with E-state index in [9.17, 15) is 4.79 Å². The molecule has 0 bridgehead atoms. The van der Waals surface area contributed by atoms with E-state index in [-0.39, 0.29) is 5.91 Å². The number of rotatable bonds is 5. The maximum absolute atomic E-state index is 11.6. The first kappa shape index (κ1) is 14.3. The zero-order valence-electron chi connectivity index (χ0n) is 11.4. The van der Waals surface area contributed by atoms with E-state index in [0.717, 1.165) is 38.2 Å². The molecular formula is C13H20ClN3O2. The average molecular weight is 286 g/mol. The highest BCUT2D eigenvalue weighted by Gasteiger charge is 2.22. The van der Waals surface area contributed by atoms with Crippen molar-refractivity contribution in [1.29, 1.82) is 0 Å². The zero-order valence-corrected chi connectivity index (χ0v) is 12.2. The van der Waals surface area contributed by atoms with Gasteiger partial charge in [-0.05, 0) is 25.2 Å². The first-order valence-electron chi connectivity index (χ1n) is 6.70. The lowest BCUT2D eigenvalue weighted by atomic mass is 10.0. The molecule has 0 spiro atoms. The molecule has 2 heterocycles. The fourth-order valence-corrected chi connectivity index (χ4v) is 2.56. The molecular weight excluding hydrogens is 266 g/mol. The zero-order chi connectivity index (χ0) is 13.8. The molecule has 6 heteroatoms. The summed E-state index contributed by atoms with van der Waals surface area (Å²) in [5, 5.41) is 7.60. The van der Waals surface area contributed by atoms with Crippen molar-refractivity contribution in [2.75, 3.05) is 18.5 Å². The maximum atomic E-state index is 11.6. The Morgan fingerprint density at radius 1 is 1.63 bits per heavy atom. The number of aromatic nitrogens is 2. The minimum atomic E-state index is -0.0433. The number of carbonyl (C=O) groups excluding carboxylic acids is 1. The highest BCUT2D eigenvalue weighted by molar-refractivity contribution is 6.34. The second-order valence-electron chi connectivity index (χ2n) is 4.96. The molecule has 1 fully saturated rings. The number of amides is 1. The average Bonchev–Trinajstić information content (AvgIpc) is 2.94. The summed E-state index contributed by atoms with van der Waals surface area (Å²) in [6.45, 7) is 3.56. The number of anilines is 1. The number of ether oxygens (including phenoxy) is 1. The number of hydrogen-bond donors (Lipinski definition) is 1. The van der Waals surface area contributed by atoms with Crippen molar-refractivity contribution in [3.05, 3.63) is 10.7 Å². The number of halogens is 1. The van der Waals surface area contributed by atoms with Crippen LogP contribution in [-0.4, -0.2) is 28.9 Å². The molecule has 1 aromatic rings. The van der Waals surface area contributed by atoms with Crippen LogP contribution in [0, 0.1) is 5.92 Å². The highest BCUT2D eigenvalue weighted by atomic mass is 35.5. The van der Waals surface area contributed by atoms with Crippen LogP contribution in [0.15, 0.2) is 0 Å². The number of hydrogen-bond acceptors (Lipinski definition) is 3. The Labute approximate surface area is 118 Å². The fraction of sp³-hybridized carbons (Fsp3) is 0.692. The first-order chi connectivity index (χ1) is 9.11. The number of nitrogens with one attached hydrogen (secondary N) is 1. The molecule has 0 radical (unpaired) electrons. The van der Waals surface area contributed by atoms with Crippen LogP contribution in [0.4, 0.5) is 5.82 Å². The minimum Gasteiger partial charge on any atom is -0.381 e. The molecule has 0 aliphatic carbocycles. The largest absolute Gasteiger partial charge is 0.381 e. The van der Waals surface area contributed by atoms with E-state index >= 15 is 0 Å². The fourth-order valence-electron chi connectivity index (χ4n) is 2.27. The Balaban J connectivity index is 2.07. The predicted octanol–water partition coefficient (Wildman–Crippen LogP) is 2.39. The van der Waals surface area contributed by atoms with Crippen LogP contribution in [0.3, 0.4) is 0 Å². The number of carbonyl (C=O) groups is 1. The number of aryl methyl sites for hydroxylation is 1. The third kappa shape index (κ3) is 3.48. The van der Waals surface area contributed by atoms with Crippen LogP contribution >= 0.6 is 11.6 Å². The van der Waals surface area contributed by atoms with Gasteiger partial charge in [-0.1, -0.05) is 18.5 Å². The highest BCUT2D eigenvalue weighted by Crippen LogP contribution is 2.29. The molecule has 106 valence electrons. The van der Waals surface area contributed by atoms with Crippen LogP contribution in [0.2, 0.25) is 5.02 Å². The molecule has 2 rings (SSSR count). The van der Waals surface area contributed by atoms with E-state index in [4.69, 9.17) is 16.3 Å². The van der Waals surface area contributed by atoms with Gasteiger partial charge in [-0.3, -0.25) is 9.48 Å². The van der Waals surface area contributed by atoms with Crippen molar-refractivity contribution in [3.8, 4) is 0 Å². The van der Waals surface area contributed by atoms with Gasteiger partial charge in [0.1, 0.15) is 5.02 Å². The molecule has 1 unspecified atom stereocenters. The predicted molar refractivity (Wildman–Crippen MR) is 74.4 cm³/mol. The Morgan fingerprint density at radius 2 is 2.42 bits per heavy atom. The van der Waals surface area contributed by atoms with Gasteiger partial charge in [-0.15, -0.1) is 0 Å².